The van der Waals surface area contributed by atoms with Crippen LogP contribution in [0.5, 0.6) is 0 Å². The van der Waals surface area contributed by atoms with Crippen LogP contribution in [-0.2, 0) is 9.59 Å². The topological polar surface area (TPSA) is 34.1 Å². The third-order valence-corrected chi connectivity index (χ3v) is 6.49. The van der Waals surface area contributed by atoms with Crippen molar-refractivity contribution in [2.75, 3.05) is 0 Å². The van der Waals surface area contributed by atoms with Crippen molar-refractivity contribution in [2.45, 2.75) is 13.8 Å². The van der Waals surface area contributed by atoms with Gasteiger partial charge >= 0.3 is 84.7 Å². The van der Waals surface area contributed by atoms with E-state index in [2.05, 4.69) is 0 Å². The van der Waals surface area contributed by atoms with Gasteiger partial charge in [0.25, 0.3) is 0 Å². The Kier molecular flexibility index (Phi) is 3.59. The summed E-state index contributed by atoms with van der Waals surface area (Å²) < 4.78 is 1.05. The van der Waals surface area contributed by atoms with Crippen LogP contribution in [-0.4, -0.2) is 7.58 Å². The van der Waals surface area contributed by atoms with Gasteiger partial charge in [0, 0.05) is 0 Å². The summed E-state index contributed by atoms with van der Waals surface area (Å²) in [6, 6.07) is 9.36. The van der Waals surface area contributed by atoms with Crippen LogP contribution in [0, 0.1) is 3.57 Å². The number of carbonyl (C=O) groups is 2. The van der Waals surface area contributed by atoms with Crippen LogP contribution < -0.4 is 0 Å². The van der Waals surface area contributed by atoms with E-state index < -0.39 is 19.8 Å². The number of halogens is 1. The summed E-state index contributed by atoms with van der Waals surface area (Å²) in [6.07, 6.45) is 0. The molecule has 0 saturated heterocycles. The number of hydrogen-bond acceptors (Lipinski definition) is 2. The van der Waals surface area contributed by atoms with Gasteiger partial charge < -0.3 is 0 Å². The molecular formula is C10H11IO2. The van der Waals surface area contributed by atoms with E-state index in [1.807, 2.05) is 30.3 Å². The van der Waals surface area contributed by atoms with Gasteiger partial charge in [-0.15, -0.1) is 0 Å². The second kappa shape index (κ2) is 4.50. The number of hydrogen-bond donors (Lipinski definition) is 0. The van der Waals surface area contributed by atoms with Crippen LogP contribution in [0.15, 0.2) is 30.3 Å². The van der Waals surface area contributed by atoms with Gasteiger partial charge in [0.1, 0.15) is 0 Å². The summed E-state index contributed by atoms with van der Waals surface area (Å²) in [5, 5.41) is 0. The molecule has 0 saturated carbocycles. The minimum absolute atomic E-state index is 0.0582. The van der Waals surface area contributed by atoms with Crippen molar-refractivity contribution >= 4 is 27.4 Å². The standard InChI is InChI=1S/C10H11IO2/c1-8(12)11(9(2)13)10-6-4-3-5-7-10/h3-7H,1-2H3. The van der Waals surface area contributed by atoms with Gasteiger partial charge in [0.05, 0.1) is 0 Å². The molecule has 1 aromatic rings. The quantitative estimate of drug-likeness (QED) is 0.633. The Hall–Kier alpha value is -0.710. The molecule has 0 aliphatic rings. The molecule has 2 nitrogen and oxygen atoms in total. The maximum absolute atomic E-state index is 11.2. The van der Waals surface area contributed by atoms with Crippen molar-refractivity contribution in [3.63, 3.8) is 0 Å². The molecule has 0 fully saturated rings. The molecule has 0 unspecified atom stereocenters. The molecule has 1 aromatic carbocycles. The summed E-state index contributed by atoms with van der Waals surface area (Å²) in [4.78, 5) is 22.5. The van der Waals surface area contributed by atoms with E-state index >= 15 is 0 Å². The zero-order valence-corrected chi connectivity index (χ0v) is 9.74. The molecule has 0 radical (unpaired) electrons. The fourth-order valence-electron chi connectivity index (χ4n) is 1.04. The third-order valence-electron chi connectivity index (χ3n) is 1.48. The number of rotatable bonds is 3. The van der Waals surface area contributed by atoms with Gasteiger partial charge in [-0.3, -0.25) is 0 Å². The molecular weight excluding hydrogens is 279 g/mol. The molecule has 0 aliphatic carbocycles. The number of benzene rings is 1. The van der Waals surface area contributed by atoms with Crippen molar-refractivity contribution in [3.8, 4) is 0 Å². The van der Waals surface area contributed by atoms with Crippen LogP contribution in [0.1, 0.15) is 13.8 Å². The van der Waals surface area contributed by atoms with Crippen LogP contribution in [0.2, 0.25) is 0 Å². The third kappa shape index (κ3) is 2.62. The van der Waals surface area contributed by atoms with Crippen LogP contribution in [0.4, 0.5) is 0 Å². The first-order chi connectivity index (χ1) is 6.13. The molecule has 1 rings (SSSR count). The summed E-state index contributed by atoms with van der Waals surface area (Å²) in [5.41, 5.74) is 0. The molecule has 70 valence electrons. The SMILES string of the molecule is CC(=O)I(C(C)=O)c1ccccc1. The Bertz CT molecular complexity index is 305. The van der Waals surface area contributed by atoms with Crippen molar-refractivity contribution in [3.05, 3.63) is 33.9 Å². The molecule has 13 heavy (non-hydrogen) atoms. The van der Waals surface area contributed by atoms with E-state index in [0.717, 1.165) is 3.57 Å². The Morgan fingerprint density at radius 3 is 1.85 bits per heavy atom. The first-order valence-electron chi connectivity index (χ1n) is 3.89. The van der Waals surface area contributed by atoms with Gasteiger partial charge in [0.2, 0.25) is 0 Å². The van der Waals surface area contributed by atoms with E-state index in [9.17, 15) is 9.59 Å². The molecule has 3 heteroatoms. The molecule has 0 bridgehead atoms. The predicted molar refractivity (Wildman–Crippen MR) is 60.5 cm³/mol. The monoisotopic (exact) mass is 290 g/mol. The molecule has 0 aliphatic heterocycles. The molecule has 0 aromatic heterocycles. The van der Waals surface area contributed by atoms with Crippen molar-refractivity contribution in [1.82, 2.24) is 0 Å². The van der Waals surface area contributed by atoms with Crippen LogP contribution in [0.25, 0.3) is 0 Å². The van der Waals surface area contributed by atoms with Crippen molar-refractivity contribution < 1.29 is 9.59 Å². The fraction of sp³-hybridized carbons (Fsp3) is 0.200. The fourth-order valence-corrected chi connectivity index (χ4v) is 4.99. The van der Waals surface area contributed by atoms with Gasteiger partial charge in [-0.25, -0.2) is 0 Å². The Morgan fingerprint density at radius 1 is 1.00 bits per heavy atom. The average molecular weight is 290 g/mol. The average Bonchev–Trinajstić information content (AvgIpc) is 2.04. The molecule has 0 heterocycles. The normalized spacial score (nSPS) is 10.8. The summed E-state index contributed by atoms with van der Waals surface area (Å²) in [7, 11) is 0. The number of carbonyl (C=O) groups excluding carboxylic acids is 2. The van der Waals surface area contributed by atoms with E-state index in [1.165, 1.54) is 13.8 Å². The van der Waals surface area contributed by atoms with Crippen LogP contribution >= 0.6 is 19.8 Å². The first kappa shape index (κ1) is 10.4. The summed E-state index contributed by atoms with van der Waals surface area (Å²) in [6.45, 7) is 3.03. The van der Waals surface area contributed by atoms with Gasteiger partial charge in [0.15, 0.2) is 0 Å². The molecule has 0 spiro atoms. The molecule has 0 amide bonds. The second-order valence-corrected chi connectivity index (χ2v) is 8.42. The molecule has 0 atom stereocenters. The van der Waals surface area contributed by atoms with E-state index in [1.54, 1.807) is 0 Å². The van der Waals surface area contributed by atoms with Gasteiger partial charge in [-0.1, -0.05) is 0 Å². The van der Waals surface area contributed by atoms with E-state index in [0.29, 0.717) is 0 Å². The van der Waals surface area contributed by atoms with E-state index in [-0.39, 0.29) is 7.58 Å². The van der Waals surface area contributed by atoms with Crippen molar-refractivity contribution in [1.29, 1.82) is 0 Å². The Labute approximate surface area is 84.7 Å². The Morgan fingerprint density at radius 2 is 1.46 bits per heavy atom. The minimum atomic E-state index is -2.20. The zero-order valence-electron chi connectivity index (χ0n) is 7.58. The van der Waals surface area contributed by atoms with E-state index in [4.69, 9.17) is 0 Å². The molecule has 0 N–H and O–H groups in total. The summed E-state index contributed by atoms with van der Waals surface area (Å²) >= 11 is -2.20. The second-order valence-electron chi connectivity index (χ2n) is 2.52. The first-order valence-corrected chi connectivity index (χ1v) is 7.12. The van der Waals surface area contributed by atoms with Crippen LogP contribution in [0.3, 0.4) is 0 Å². The maximum atomic E-state index is 11.2. The summed E-state index contributed by atoms with van der Waals surface area (Å²) in [5.74, 6) is 0. The zero-order chi connectivity index (χ0) is 9.84. The Balaban J connectivity index is 3.03. The predicted octanol–water partition coefficient (Wildman–Crippen LogP) is 2.46. The van der Waals surface area contributed by atoms with Gasteiger partial charge in [-0.05, 0) is 0 Å². The van der Waals surface area contributed by atoms with Gasteiger partial charge in [-0.2, -0.15) is 0 Å². The van der Waals surface area contributed by atoms with Crippen molar-refractivity contribution in [2.24, 2.45) is 0 Å².